The van der Waals surface area contributed by atoms with Crippen molar-refractivity contribution in [2.45, 2.75) is 5.92 Å². The van der Waals surface area contributed by atoms with E-state index in [2.05, 4.69) is 9.97 Å². The minimum atomic E-state index is -0.861. The molecule has 1 aromatic rings. The topological polar surface area (TPSA) is 66.3 Å². The molecule has 0 aliphatic carbocycles. The number of likely N-dealkylation sites (tertiary alicyclic amines) is 1. The van der Waals surface area contributed by atoms with Crippen LogP contribution in [0.4, 0.5) is 4.79 Å². The van der Waals surface area contributed by atoms with Gasteiger partial charge in [0.15, 0.2) is 0 Å². The van der Waals surface area contributed by atoms with Crippen LogP contribution in [-0.4, -0.2) is 39.2 Å². The van der Waals surface area contributed by atoms with Crippen LogP contribution in [0.25, 0.3) is 0 Å². The van der Waals surface area contributed by atoms with Crippen LogP contribution < -0.4 is 0 Å². The summed E-state index contributed by atoms with van der Waals surface area (Å²) in [5.74, 6) is 0.227. The Morgan fingerprint density at radius 1 is 1.54 bits per heavy atom. The minimum Gasteiger partial charge on any atom is -0.465 e. The normalized spacial score (nSPS) is 16.8. The minimum absolute atomic E-state index is 0.227. The molecule has 1 saturated heterocycles. The number of aromatic nitrogens is 2. The molecular formula is C8H9N3O2. The molecular weight excluding hydrogens is 170 g/mol. The van der Waals surface area contributed by atoms with Crippen molar-refractivity contribution in [2.24, 2.45) is 0 Å². The molecule has 5 nitrogen and oxygen atoms in total. The average molecular weight is 179 g/mol. The third-order valence-electron chi connectivity index (χ3n) is 2.15. The highest BCUT2D eigenvalue weighted by molar-refractivity contribution is 5.66. The first-order chi connectivity index (χ1) is 6.27. The zero-order valence-electron chi connectivity index (χ0n) is 6.92. The van der Waals surface area contributed by atoms with E-state index in [-0.39, 0.29) is 5.92 Å². The summed E-state index contributed by atoms with van der Waals surface area (Å²) in [6.07, 6.45) is 4.06. The zero-order valence-corrected chi connectivity index (χ0v) is 6.92. The second-order valence-electron chi connectivity index (χ2n) is 3.01. The quantitative estimate of drug-likeness (QED) is 0.683. The number of carbonyl (C=O) groups is 1. The largest absolute Gasteiger partial charge is 0.465 e. The van der Waals surface area contributed by atoms with Crippen molar-refractivity contribution < 1.29 is 9.90 Å². The van der Waals surface area contributed by atoms with Crippen LogP contribution in [0, 0.1) is 0 Å². The molecule has 1 aliphatic rings. The summed E-state index contributed by atoms with van der Waals surface area (Å²) >= 11 is 0. The molecule has 1 aliphatic heterocycles. The van der Waals surface area contributed by atoms with Crippen LogP contribution in [0.5, 0.6) is 0 Å². The van der Waals surface area contributed by atoms with Gasteiger partial charge in [-0.1, -0.05) is 0 Å². The molecule has 1 aromatic heterocycles. The summed E-state index contributed by atoms with van der Waals surface area (Å²) in [4.78, 5) is 19.9. The number of hydrogen-bond acceptors (Lipinski definition) is 3. The summed E-state index contributed by atoms with van der Waals surface area (Å²) in [7, 11) is 0. The average Bonchev–Trinajstić information content (AvgIpc) is 2.02. The lowest BCUT2D eigenvalue weighted by Crippen LogP contribution is -2.48. The number of amides is 1. The standard InChI is InChI=1S/C8H9N3O2/c12-8(13)11-4-6(5-11)7-3-9-1-2-10-7/h1-3,6H,4-5H2,(H,12,13). The van der Waals surface area contributed by atoms with Crippen LogP contribution in [0.3, 0.4) is 0 Å². The van der Waals surface area contributed by atoms with Crippen molar-refractivity contribution in [3.63, 3.8) is 0 Å². The molecule has 0 spiro atoms. The van der Waals surface area contributed by atoms with Crippen molar-refractivity contribution in [3.05, 3.63) is 24.3 Å². The molecule has 0 atom stereocenters. The molecule has 0 radical (unpaired) electrons. The SMILES string of the molecule is O=C(O)N1CC(c2cnccn2)C1. The highest BCUT2D eigenvalue weighted by Gasteiger charge is 2.32. The molecule has 0 saturated carbocycles. The predicted octanol–water partition coefficient (Wildman–Crippen LogP) is 0.554. The van der Waals surface area contributed by atoms with E-state index in [1.54, 1.807) is 18.6 Å². The Kier molecular flexibility index (Phi) is 1.84. The number of hydrogen-bond donors (Lipinski definition) is 1. The Balaban J connectivity index is 1.98. The maximum Gasteiger partial charge on any atom is 0.407 e. The fraction of sp³-hybridized carbons (Fsp3) is 0.375. The van der Waals surface area contributed by atoms with Gasteiger partial charge in [0.25, 0.3) is 0 Å². The fourth-order valence-corrected chi connectivity index (χ4v) is 1.34. The number of nitrogens with zero attached hydrogens (tertiary/aromatic N) is 3. The molecule has 0 aromatic carbocycles. The summed E-state index contributed by atoms with van der Waals surface area (Å²) in [6.45, 7) is 1.07. The van der Waals surface area contributed by atoms with Gasteiger partial charge in [-0.2, -0.15) is 0 Å². The van der Waals surface area contributed by atoms with E-state index in [1.807, 2.05) is 0 Å². The van der Waals surface area contributed by atoms with Crippen LogP contribution in [-0.2, 0) is 0 Å². The maximum atomic E-state index is 10.4. The van der Waals surface area contributed by atoms with Crippen LogP contribution in [0.1, 0.15) is 11.6 Å². The van der Waals surface area contributed by atoms with E-state index in [4.69, 9.17) is 5.11 Å². The van der Waals surface area contributed by atoms with Gasteiger partial charge in [-0.15, -0.1) is 0 Å². The highest BCUT2D eigenvalue weighted by Crippen LogP contribution is 2.24. The maximum absolute atomic E-state index is 10.4. The van der Waals surface area contributed by atoms with E-state index >= 15 is 0 Å². The summed E-state index contributed by atoms with van der Waals surface area (Å²) < 4.78 is 0. The second kappa shape index (κ2) is 3.01. The van der Waals surface area contributed by atoms with E-state index in [1.165, 1.54) is 4.90 Å². The summed E-state index contributed by atoms with van der Waals surface area (Å²) in [6, 6.07) is 0. The number of rotatable bonds is 1. The van der Waals surface area contributed by atoms with Crippen molar-refractivity contribution in [1.29, 1.82) is 0 Å². The van der Waals surface area contributed by atoms with E-state index in [9.17, 15) is 4.79 Å². The van der Waals surface area contributed by atoms with Gasteiger partial charge in [0.1, 0.15) is 0 Å². The van der Waals surface area contributed by atoms with Crippen molar-refractivity contribution in [3.8, 4) is 0 Å². The van der Waals surface area contributed by atoms with Crippen molar-refractivity contribution >= 4 is 6.09 Å². The third-order valence-corrected chi connectivity index (χ3v) is 2.15. The van der Waals surface area contributed by atoms with Crippen molar-refractivity contribution in [2.75, 3.05) is 13.1 Å². The lowest BCUT2D eigenvalue weighted by molar-refractivity contribution is 0.104. The second-order valence-corrected chi connectivity index (χ2v) is 3.01. The van der Waals surface area contributed by atoms with Gasteiger partial charge in [-0.3, -0.25) is 9.97 Å². The van der Waals surface area contributed by atoms with Gasteiger partial charge in [0.05, 0.1) is 5.69 Å². The van der Waals surface area contributed by atoms with Gasteiger partial charge in [-0.05, 0) is 0 Å². The Bertz CT molecular complexity index is 308. The first-order valence-corrected chi connectivity index (χ1v) is 4.01. The molecule has 2 heterocycles. The zero-order chi connectivity index (χ0) is 9.26. The molecule has 2 rings (SSSR count). The molecule has 13 heavy (non-hydrogen) atoms. The number of carboxylic acid groups (broad SMARTS) is 1. The van der Waals surface area contributed by atoms with Gasteiger partial charge in [0.2, 0.25) is 0 Å². The van der Waals surface area contributed by atoms with Gasteiger partial charge < -0.3 is 10.0 Å². The lowest BCUT2D eigenvalue weighted by atomic mass is 9.97. The Morgan fingerprint density at radius 2 is 2.31 bits per heavy atom. The monoisotopic (exact) mass is 179 g/mol. The van der Waals surface area contributed by atoms with E-state index in [0.29, 0.717) is 13.1 Å². The Labute approximate surface area is 75.0 Å². The molecule has 1 fully saturated rings. The van der Waals surface area contributed by atoms with Crippen LogP contribution in [0.2, 0.25) is 0 Å². The Morgan fingerprint density at radius 3 is 2.85 bits per heavy atom. The van der Waals surface area contributed by atoms with Gasteiger partial charge >= 0.3 is 6.09 Å². The molecule has 68 valence electrons. The predicted molar refractivity (Wildman–Crippen MR) is 44.4 cm³/mol. The lowest BCUT2D eigenvalue weighted by Gasteiger charge is -2.36. The molecule has 0 bridgehead atoms. The molecule has 1 N–H and O–H groups in total. The van der Waals surface area contributed by atoms with Crippen LogP contribution >= 0.6 is 0 Å². The summed E-state index contributed by atoms with van der Waals surface area (Å²) in [5, 5.41) is 8.59. The molecule has 0 unspecified atom stereocenters. The third kappa shape index (κ3) is 1.44. The van der Waals surface area contributed by atoms with Gasteiger partial charge in [-0.25, -0.2) is 4.79 Å². The molecule has 1 amide bonds. The van der Waals surface area contributed by atoms with E-state index < -0.39 is 6.09 Å². The highest BCUT2D eigenvalue weighted by atomic mass is 16.4. The van der Waals surface area contributed by atoms with Gasteiger partial charge in [0, 0.05) is 37.6 Å². The Hall–Kier alpha value is -1.65. The first kappa shape index (κ1) is 7.97. The first-order valence-electron chi connectivity index (χ1n) is 4.01. The molecule has 5 heteroatoms. The van der Waals surface area contributed by atoms with Crippen LogP contribution in [0.15, 0.2) is 18.6 Å². The van der Waals surface area contributed by atoms with E-state index in [0.717, 1.165) is 5.69 Å². The van der Waals surface area contributed by atoms with Crippen molar-refractivity contribution in [1.82, 2.24) is 14.9 Å². The smallest absolute Gasteiger partial charge is 0.407 e. The summed E-state index contributed by atoms with van der Waals surface area (Å²) in [5.41, 5.74) is 0.875. The fourth-order valence-electron chi connectivity index (χ4n) is 1.34.